The monoisotopic (exact) mass is 280 g/mol. The zero-order chi connectivity index (χ0) is 14.7. The van der Waals surface area contributed by atoms with Crippen LogP contribution in [0.4, 0.5) is 0 Å². The number of benzene rings is 1. The molecule has 21 heavy (non-hydrogen) atoms. The molecule has 1 atom stereocenters. The maximum atomic E-state index is 12.4. The summed E-state index contributed by atoms with van der Waals surface area (Å²) in [6.45, 7) is 1.96. The first-order chi connectivity index (χ1) is 10.2. The van der Waals surface area contributed by atoms with Gasteiger partial charge in [0.25, 0.3) is 5.91 Å². The standard InChI is InChI=1S/C18H20N2O/c1-13(17-8-4-5-11-19-17)20-18(21)16-10-9-14-6-2-3-7-15(14)12-16/h4-5,8-13H,2-3,6-7H2,1H3,(H,20,21)/t13-/m1/s1. The van der Waals surface area contributed by atoms with Gasteiger partial charge in [-0.2, -0.15) is 0 Å². The van der Waals surface area contributed by atoms with Crippen molar-refractivity contribution in [3.8, 4) is 0 Å². The first-order valence-corrected chi connectivity index (χ1v) is 7.57. The van der Waals surface area contributed by atoms with Crippen molar-refractivity contribution < 1.29 is 4.79 Å². The van der Waals surface area contributed by atoms with E-state index in [1.807, 2.05) is 31.2 Å². The fourth-order valence-corrected chi connectivity index (χ4v) is 2.86. The van der Waals surface area contributed by atoms with Gasteiger partial charge in [0.2, 0.25) is 0 Å². The zero-order valence-electron chi connectivity index (χ0n) is 12.3. The Morgan fingerprint density at radius 2 is 1.95 bits per heavy atom. The lowest BCUT2D eigenvalue weighted by atomic mass is 9.90. The van der Waals surface area contributed by atoms with E-state index < -0.39 is 0 Å². The van der Waals surface area contributed by atoms with E-state index in [4.69, 9.17) is 0 Å². The maximum Gasteiger partial charge on any atom is 0.251 e. The third-order valence-corrected chi connectivity index (χ3v) is 4.09. The fourth-order valence-electron chi connectivity index (χ4n) is 2.86. The molecule has 0 saturated carbocycles. The van der Waals surface area contributed by atoms with Gasteiger partial charge < -0.3 is 5.32 Å². The Morgan fingerprint density at radius 1 is 1.14 bits per heavy atom. The first-order valence-electron chi connectivity index (χ1n) is 7.57. The molecule has 108 valence electrons. The van der Waals surface area contributed by atoms with Gasteiger partial charge in [0.1, 0.15) is 0 Å². The van der Waals surface area contributed by atoms with Crippen LogP contribution >= 0.6 is 0 Å². The molecule has 1 aliphatic rings. The van der Waals surface area contributed by atoms with Crippen molar-refractivity contribution in [3.05, 3.63) is 65.0 Å². The molecule has 1 aromatic heterocycles. The minimum atomic E-state index is -0.0882. The molecule has 1 aliphatic carbocycles. The van der Waals surface area contributed by atoms with Crippen LogP contribution in [-0.4, -0.2) is 10.9 Å². The number of aryl methyl sites for hydroxylation is 2. The Labute approximate surface area is 125 Å². The number of hydrogen-bond donors (Lipinski definition) is 1. The van der Waals surface area contributed by atoms with Gasteiger partial charge in [-0.1, -0.05) is 12.1 Å². The largest absolute Gasteiger partial charge is 0.344 e. The topological polar surface area (TPSA) is 42.0 Å². The quantitative estimate of drug-likeness (QED) is 0.935. The molecule has 3 heteroatoms. The van der Waals surface area contributed by atoms with E-state index in [1.165, 1.54) is 24.0 Å². The third kappa shape index (κ3) is 3.13. The molecule has 0 aliphatic heterocycles. The van der Waals surface area contributed by atoms with Gasteiger partial charge in [0, 0.05) is 11.8 Å². The first kappa shape index (κ1) is 13.8. The highest BCUT2D eigenvalue weighted by Gasteiger charge is 2.15. The number of carbonyl (C=O) groups excluding carboxylic acids is 1. The fraction of sp³-hybridized carbons (Fsp3) is 0.333. The highest BCUT2D eigenvalue weighted by molar-refractivity contribution is 5.94. The Morgan fingerprint density at radius 3 is 2.71 bits per heavy atom. The Kier molecular flexibility index (Phi) is 4.00. The molecular weight excluding hydrogens is 260 g/mol. The molecule has 1 aromatic carbocycles. The average molecular weight is 280 g/mol. The molecule has 0 bridgehead atoms. The number of rotatable bonds is 3. The molecular formula is C18H20N2O. The molecule has 3 nitrogen and oxygen atoms in total. The summed E-state index contributed by atoms with van der Waals surface area (Å²) in [5.41, 5.74) is 4.36. The van der Waals surface area contributed by atoms with Crippen molar-refractivity contribution in [2.24, 2.45) is 0 Å². The molecule has 0 radical (unpaired) electrons. The number of pyridine rings is 1. The van der Waals surface area contributed by atoms with E-state index in [-0.39, 0.29) is 11.9 Å². The van der Waals surface area contributed by atoms with Gasteiger partial charge in [-0.05, 0) is 68.0 Å². The lowest BCUT2D eigenvalue weighted by Gasteiger charge is -2.17. The normalized spacial score (nSPS) is 15.1. The van der Waals surface area contributed by atoms with Gasteiger partial charge in [-0.3, -0.25) is 9.78 Å². The van der Waals surface area contributed by atoms with Gasteiger partial charge >= 0.3 is 0 Å². The van der Waals surface area contributed by atoms with Crippen LogP contribution in [0.25, 0.3) is 0 Å². The Balaban J connectivity index is 1.73. The molecule has 1 amide bonds. The molecule has 0 fully saturated rings. The summed E-state index contributed by atoms with van der Waals surface area (Å²) in [5.74, 6) is -0.0264. The number of nitrogens with zero attached hydrogens (tertiary/aromatic N) is 1. The predicted octanol–water partition coefficient (Wildman–Crippen LogP) is 3.45. The number of carbonyl (C=O) groups is 1. The van der Waals surface area contributed by atoms with Crippen molar-refractivity contribution in [2.75, 3.05) is 0 Å². The molecule has 1 N–H and O–H groups in total. The second-order valence-corrected chi connectivity index (χ2v) is 5.64. The van der Waals surface area contributed by atoms with Crippen molar-refractivity contribution >= 4 is 5.91 Å². The summed E-state index contributed by atoms with van der Waals surface area (Å²) in [6, 6.07) is 11.7. The van der Waals surface area contributed by atoms with E-state index in [2.05, 4.69) is 22.4 Å². The van der Waals surface area contributed by atoms with Crippen LogP contribution in [-0.2, 0) is 12.8 Å². The summed E-state index contributed by atoms with van der Waals surface area (Å²) in [6.07, 6.45) is 6.46. The lowest BCUT2D eigenvalue weighted by Crippen LogP contribution is -2.27. The number of nitrogens with one attached hydrogen (secondary N) is 1. The SMILES string of the molecule is C[C@@H](NC(=O)c1ccc2c(c1)CCCC2)c1ccccn1. The molecule has 0 spiro atoms. The van der Waals surface area contributed by atoms with Crippen LogP contribution in [0.15, 0.2) is 42.6 Å². The van der Waals surface area contributed by atoms with Gasteiger partial charge in [0.05, 0.1) is 11.7 Å². The summed E-state index contributed by atoms with van der Waals surface area (Å²) in [4.78, 5) is 16.7. The Bertz CT molecular complexity index is 637. The molecule has 2 aromatic rings. The zero-order valence-corrected chi connectivity index (χ0v) is 12.3. The number of aromatic nitrogens is 1. The van der Waals surface area contributed by atoms with Crippen LogP contribution in [0.5, 0.6) is 0 Å². The summed E-state index contributed by atoms with van der Waals surface area (Å²) >= 11 is 0. The second-order valence-electron chi connectivity index (χ2n) is 5.64. The summed E-state index contributed by atoms with van der Waals surface area (Å²) < 4.78 is 0. The van der Waals surface area contributed by atoms with Crippen LogP contribution in [0, 0.1) is 0 Å². The van der Waals surface area contributed by atoms with Crippen LogP contribution < -0.4 is 5.32 Å². The lowest BCUT2D eigenvalue weighted by molar-refractivity contribution is 0.0939. The highest BCUT2D eigenvalue weighted by atomic mass is 16.1. The van der Waals surface area contributed by atoms with Crippen molar-refractivity contribution in [1.82, 2.24) is 10.3 Å². The van der Waals surface area contributed by atoms with Crippen molar-refractivity contribution in [3.63, 3.8) is 0 Å². The summed E-state index contributed by atoms with van der Waals surface area (Å²) in [5, 5.41) is 3.02. The van der Waals surface area contributed by atoms with Gasteiger partial charge in [-0.25, -0.2) is 0 Å². The number of hydrogen-bond acceptors (Lipinski definition) is 2. The van der Waals surface area contributed by atoms with Crippen LogP contribution in [0.2, 0.25) is 0 Å². The smallest absolute Gasteiger partial charge is 0.251 e. The van der Waals surface area contributed by atoms with Crippen LogP contribution in [0.1, 0.15) is 53.0 Å². The van der Waals surface area contributed by atoms with E-state index in [0.29, 0.717) is 0 Å². The molecule has 1 heterocycles. The average Bonchev–Trinajstić information content (AvgIpc) is 2.55. The summed E-state index contributed by atoms with van der Waals surface area (Å²) in [7, 11) is 0. The van der Waals surface area contributed by atoms with Crippen LogP contribution in [0.3, 0.4) is 0 Å². The van der Waals surface area contributed by atoms with E-state index in [9.17, 15) is 4.79 Å². The van der Waals surface area contributed by atoms with Crippen molar-refractivity contribution in [2.45, 2.75) is 38.6 Å². The Hall–Kier alpha value is -2.16. The molecule has 0 saturated heterocycles. The minimum absolute atomic E-state index is 0.0264. The highest BCUT2D eigenvalue weighted by Crippen LogP contribution is 2.22. The molecule has 3 rings (SSSR count). The predicted molar refractivity (Wildman–Crippen MR) is 83.2 cm³/mol. The second kappa shape index (κ2) is 6.08. The van der Waals surface area contributed by atoms with Gasteiger partial charge in [-0.15, -0.1) is 0 Å². The number of fused-ring (bicyclic) bond motifs is 1. The molecule has 0 unspecified atom stereocenters. The van der Waals surface area contributed by atoms with E-state index in [0.717, 1.165) is 24.1 Å². The van der Waals surface area contributed by atoms with E-state index in [1.54, 1.807) is 6.20 Å². The van der Waals surface area contributed by atoms with Gasteiger partial charge in [0.15, 0.2) is 0 Å². The minimum Gasteiger partial charge on any atom is -0.344 e. The maximum absolute atomic E-state index is 12.4. The van der Waals surface area contributed by atoms with Crippen molar-refractivity contribution in [1.29, 1.82) is 0 Å². The van der Waals surface area contributed by atoms with E-state index >= 15 is 0 Å². The third-order valence-electron chi connectivity index (χ3n) is 4.09. The number of amides is 1.